The highest BCUT2D eigenvalue weighted by Gasteiger charge is 2.31. The van der Waals surface area contributed by atoms with Crippen LogP contribution < -0.4 is 0 Å². The minimum atomic E-state index is -0.509. The number of amides is 1. The van der Waals surface area contributed by atoms with E-state index >= 15 is 0 Å². The van der Waals surface area contributed by atoms with Gasteiger partial charge in [0.15, 0.2) is 0 Å². The highest BCUT2D eigenvalue weighted by Crippen LogP contribution is 2.23. The molecule has 0 heterocycles. The normalized spacial score (nSPS) is 13.2. The van der Waals surface area contributed by atoms with E-state index in [1.807, 2.05) is 36.9 Å². The van der Waals surface area contributed by atoms with Crippen molar-refractivity contribution in [3.63, 3.8) is 0 Å². The first-order chi connectivity index (χ1) is 8.36. The summed E-state index contributed by atoms with van der Waals surface area (Å²) < 4.78 is -0.509. The summed E-state index contributed by atoms with van der Waals surface area (Å²) in [6.45, 7) is 8.67. The molecule has 3 heteroatoms. The predicted molar refractivity (Wildman–Crippen MR) is 79.8 cm³/mol. The van der Waals surface area contributed by atoms with Gasteiger partial charge in [0.05, 0.1) is 4.32 Å². The maximum absolute atomic E-state index is 12.4. The van der Waals surface area contributed by atoms with Crippen molar-refractivity contribution in [1.82, 2.24) is 4.90 Å². The van der Waals surface area contributed by atoms with Crippen molar-refractivity contribution in [2.45, 2.75) is 51.0 Å². The van der Waals surface area contributed by atoms with E-state index in [0.29, 0.717) is 6.54 Å². The molecule has 0 aliphatic rings. The molecule has 100 valence electrons. The van der Waals surface area contributed by atoms with Gasteiger partial charge in [0, 0.05) is 12.6 Å². The summed E-state index contributed by atoms with van der Waals surface area (Å²) >= 11 is 3.46. The molecule has 2 nitrogen and oxygen atoms in total. The summed E-state index contributed by atoms with van der Waals surface area (Å²) in [5.74, 6) is 0.140. The Bertz CT molecular complexity index is 383. The Labute approximate surface area is 119 Å². The van der Waals surface area contributed by atoms with Crippen molar-refractivity contribution in [2.75, 3.05) is 0 Å². The first-order valence-electron chi connectivity index (χ1n) is 6.40. The second-order valence-corrected chi connectivity index (χ2v) is 7.13. The molecule has 0 spiro atoms. The maximum Gasteiger partial charge on any atom is 0.239 e. The maximum atomic E-state index is 12.4. The van der Waals surface area contributed by atoms with Crippen LogP contribution in [0.25, 0.3) is 0 Å². The van der Waals surface area contributed by atoms with E-state index in [1.54, 1.807) is 0 Å². The summed E-state index contributed by atoms with van der Waals surface area (Å²) in [6.07, 6.45) is 0.960. The number of alkyl halides is 1. The Kier molecular flexibility index (Phi) is 5.39. The van der Waals surface area contributed by atoms with E-state index in [1.165, 1.54) is 5.56 Å². The van der Waals surface area contributed by atoms with Gasteiger partial charge in [-0.05, 0) is 32.8 Å². The van der Waals surface area contributed by atoms with Crippen LogP contribution in [-0.2, 0) is 11.3 Å². The van der Waals surface area contributed by atoms with Gasteiger partial charge in [0.2, 0.25) is 5.91 Å². The summed E-state index contributed by atoms with van der Waals surface area (Å²) in [7, 11) is 0. The number of carbonyl (C=O) groups is 1. The molecule has 0 radical (unpaired) electrons. The van der Waals surface area contributed by atoms with Gasteiger partial charge in [-0.15, -0.1) is 0 Å². The molecule has 0 bridgehead atoms. The number of hydrogen-bond acceptors (Lipinski definition) is 1. The summed E-state index contributed by atoms with van der Waals surface area (Å²) in [4.78, 5) is 14.4. The average Bonchev–Trinajstić information content (AvgIpc) is 2.34. The molecule has 1 rings (SSSR count). The Morgan fingerprint density at radius 3 is 2.33 bits per heavy atom. The number of hydrogen-bond donors (Lipinski definition) is 0. The highest BCUT2D eigenvalue weighted by atomic mass is 79.9. The number of rotatable bonds is 5. The van der Waals surface area contributed by atoms with E-state index in [4.69, 9.17) is 0 Å². The molecule has 0 saturated heterocycles. The molecule has 0 fully saturated rings. The molecule has 18 heavy (non-hydrogen) atoms. The van der Waals surface area contributed by atoms with Crippen LogP contribution in [0.4, 0.5) is 0 Å². The highest BCUT2D eigenvalue weighted by molar-refractivity contribution is 9.10. The Morgan fingerprint density at radius 2 is 1.89 bits per heavy atom. The van der Waals surface area contributed by atoms with Crippen molar-refractivity contribution in [3.05, 3.63) is 35.9 Å². The average molecular weight is 312 g/mol. The summed E-state index contributed by atoms with van der Waals surface area (Å²) in [6, 6.07) is 10.4. The number of carbonyl (C=O) groups excluding carboxylic acids is 1. The zero-order chi connectivity index (χ0) is 13.8. The van der Waals surface area contributed by atoms with Gasteiger partial charge >= 0.3 is 0 Å². The molecule has 1 aromatic carbocycles. The van der Waals surface area contributed by atoms with Gasteiger partial charge in [0.25, 0.3) is 0 Å². The van der Waals surface area contributed by atoms with Crippen molar-refractivity contribution < 1.29 is 4.79 Å². The molecular formula is C15H22BrNO. The number of benzene rings is 1. The molecule has 1 atom stereocenters. The fourth-order valence-corrected chi connectivity index (χ4v) is 2.00. The van der Waals surface area contributed by atoms with Crippen LogP contribution in [-0.4, -0.2) is 21.2 Å². The lowest BCUT2D eigenvalue weighted by Gasteiger charge is -2.33. The van der Waals surface area contributed by atoms with E-state index in [0.717, 1.165) is 6.42 Å². The Balaban J connectivity index is 2.90. The van der Waals surface area contributed by atoms with Crippen LogP contribution in [0, 0.1) is 0 Å². The van der Waals surface area contributed by atoms with E-state index < -0.39 is 4.32 Å². The third-order valence-corrected chi connectivity index (χ3v) is 3.43. The van der Waals surface area contributed by atoms with Crippen LogP contribution in [0.1, 0.15) is 39.7 Å². The third kappa shape index (κ3) is 4.13. The lowest BCUT2D eigenvalue weighted by molar-refractivity contribution is -0.135. The van der Waals surface area contributed by atoms with Gasteiger partial charge in [-0.3, -0.25) is 4.79 Å². The molecule has 1 amide bonds. The predicted octanol–water partition coefficient (Wildman–Crippen LogP) is 3.99. The minimum absolute atomic E-state index is 0.140. The third-order valence-electron chi connectivity index (χ3n) is 3.09. The van der Waals surface area contributed by atoms with Crippen LogP contribution in [0.15, 0.2) is 30.3 Å². The number of nitrogens with zero attached hydrogens (tertiary/aromatic N) is 1. The molecule has 0 N–H and O–H groups in total. The first kappa shape index (κ1) is 15.2. The van der Waals surface area contributed by atoms with Crippen LogP contribution >= 0.6 is 15.9 Å². The Hall–Kier alpha value is -0.830. The van der Waals surface area contributed by atoms with E-state index in [-0.39, 0.29) is 11.9 Å². The molecule has 0 saturated carbocycles. The van der Waals surface area contributed by atoms with Crippen LogP contribution in [0.5, 0.6) is 0 Å². The zero-order valence-electron chi connectivity index (χ0n) is 11.6. The standard InChI is InChI=1S/C15H22BrNO/c1-5-12(2)17(14(18)15(3,4)16)11-13-9-7-6-8-10-13/h6-10,12H,5,11H2,1-4H3. The van der Waals surface area contributed by atoms with Crippen molar-refractivity contribution in [1.29, 1.82) is 0 Å². The monoisotopic (exact) mass is 311 g/mol. The lowest BCUT2D eigenvalue weighted by Crippen LogP contribution is -2.45. The lowest BCUT2D eigenvalue weighted by atomic mass is 10.1. The van der Waals surface area contributed by atoms with Gasteiger partial charge < -0.3 is 4.90 Å². The molecule has 0 aliphatic heterocycles. The quantitative estimate of drug-likeness (QED) is 0.753. The molecule has 1 aromatic rings. The van der Waals surface area contributed by atoms with E-state index in [2.05, 4.69) is 41.9 Å². The second-order valence-electron chi connectivity index (χ2n) is 5.15. The molecule has 0 aromatic heterocycles. The van der Waals surface area contributed by atoms with Gasteiger partial charge in [-0.1, -0.05) is 53.2 Å². The van der Waals surface area contributed by atoms with Crippen molar-refractivity contribution in [3.8, 4) is 0 Å². The minimum Gasteiger partial charge on any atom is -0.334 e. The molecule has 0 aliphatic carbocycles. The van der Waals surface area contributed by atoms with Gasteiger partial charge in [-0.2, -0.15) is 0 Å². The zero-order valence-corrected chi connectivity index (χ0v) is 13.2. The summed E-state index contributed by atoms with van der Waals surface area (Å²) in [5.41, 5.74) is 1.17. The second kappa shape index (κ2) is 6.37. The number of halogens is 1. The topological polar surface area (TPSA) is 20.3 Å². The summed E-state index contributed by atoms with van der Waals surface area (Å²) in [5, 5.41) is 0. The largest absolute Gasteiger partial charge is 0.334 e. The van der Waals surface area contributed by atoms with Crippen molar-refractivity contribution >= 4 is 21.8 Å². The van der Waals surface area contributed by atoms with Crippen molar-refractivity contribution in [2.24, 2.45) is 0 Å². The van der Waals surface area contributed by atoms with Gasteiger partial charge in [0.1, 0.15) is 0 Å². The van der Waals surface area contributed by atoms with Crippen LogP contribution in [0.2, 0.25) is 0 Å². The van der Waals surface area contributed by atoms with Gasteiger partial charge in [-0.25, -0.2) is 0 Å². The van der Waals surface area contributed by atoms with E-state index in [9.17, 15) is 4.79 Å². The van der Waals surface area contributed by atoms with Crippen LogP contribution in [0.3, 0.4) is 0 Å². The SMILES string of the molecule is CCC(C)N(Cc1ccccc1)C(=O)C(C)(C)Br. The molecular weight excluding hydrogens is 290 g/mol. The fraction of sp³-hybridized carbons (Fsp3) is 0.533. The smallest absolute Gasteiger partial charge is 0.239 e. The molecule has 1 unspecified atom stereocenters. The first-order valence-corrected chi connectivity index (χ1v) is 7.19. The fourth-order valence-electron chi connectivity index (χ4n) is 1.77. The Morgan fingerprint density at radius 1 is 1.33 bits per heavy atom.